The largest absolute Gasteiger partial charge is 0.481 e. The molecule has 6 nitrogen and oxygen atoms in total. The van der Waals surface area contributed by atoms with Gasteiger partial charge in [0.1, 0.15) is 11.6 Å². The summed E-state index contributed by atoms with van der Waals surface area (Å²) >= 11 is 1.46. The summed E-state index contributed by atoms with van der Waals surface area (Å²) < 4.78 is 5.01. The van der Waals surface area contributed by atoms with Crippen LogP contribution in [-0.4, -0.2) is 41.5 Å². The second-order valence-electron chi connectivity index (χ2n) is 4.25. The van der Waals surface area contributed by atoms with Crippen LogP contribution in [0.3, 0.4) is 0 Å². The quantitative estimate of drug-likeness (QED) is 0.665. The van der Waals surface area contributed by atoms with Gasteiger partial charge in [-0.2, -0.15) is 0 Å². The maximum atomic E-state index is 10.7. The highest BCUT2D eigenvalue weighted by atomic mass is 32.1. The zero-order chi connectivity index (χ0) is 14.1. The monoisotopic (exact) mass is 287 g/mol. The molecular formula is C12H21N3O3S. The summed E-state index contributed by atoms with van der Waals surface area (Å²) in [5.74, 6) is -0.790. The van der Waals surface area contributed by atoms with Crippen molar-refractivity contribution in [3.8, 4) is 0 Å². The predicted octanol–water partition coefficient (Wildman–Crippen LogP) is 2.16. The smallest absolute Gasteiger partial charge is 0.305 e. The Kier molecular flexibility index (Phi) is 7.35. The SMILES string of the molecule is CCCCCN(CCC(=O)O)c1nnc(COC)s1. The van der Waals surface area contributed by atoms with Gasteiger partial charge in [0.15, 0.2) is 0 Å². The highest BCUT2D eigenvalue weighted by Gasteiger charge is 2.13. The normalized spacial score (nSPS) is 10.6. The van der Waals surface area contributed by atoms with Crippen molar-refractivity contribution >= 4 is 22.4 Å². The fourth-order valence-electron chi connectivity index (χ4n) is 1.64. The number of aromatic nitrogens is 2. The first-order valence-electron chi connectivity index (χ1n) is 6.45. The van der Waals surface area contributed by atoms with E-state index in [1.165, 1.54) is 11.3 Å². The van der Waals surface area contributed by atoms with E-state index >= 15 is 0 Å². The highest BCUT2D eigenvalue weighted by Crippen LogP contribution is 2.21. The number of carboxylic acids is 1. The van der Waals surface area contributed by atoms with E-state index < -0.39 is 5.97 Å². The molecule has 1 aromatic rings. The molecule has 0 bridgehead atoms. The van der Waals surface area contributed by atoms with Gasteiger partial charge >= 0.3 is 5.97 Å². The number of methoxy groups -OCH3 is 1. The standard InChI is InChI=1S/C12H21N3O3S/c1-3-4-5-7-15(8-6-11(16)17)12-14-13-10(19-12)9-18-2/h3-9H2,1-2H3,(H,16,17). The van der Waals surface area contributed by atoms with Gasteiger partial charge in [0, 0.05) is 20.2 Å². The number of carbonyl (C=O) groups is 1. The second-order valence-corrected chi connectivity index (χ2v) is 5.29. The maximum absolute atomic E-state index is 10.7. The fraction of sp³-hybridized carbons (Fsp3) is 0.750. The van der Waals surface area contributed by atoms with Crippen molar-refractivity contribution in [1.82, 2.24) is 10.2 Å². The van der Waals surface area contributed by atoms with Crippen LogP contribution in [0.5, 0.6) is 0 Å². The van der Waals surface area contributed by atoms with E-state index in [2.05, 4.69) is 17.1 Å². The van der Waals surface area contributed by atoms with Gasteiger partial charge in [-0.1, -0.05) is 31.1 Å². The Morgan fingerprint density at radius 2 is 2.16 bits per heavy atom. The summed E-state index contributed by atoms with van der Waals surface area (Å²) in [5, 5.41) is 18.5. The molecule has 0 saturated heterocycles. The first-order chi connectivity index (χ1) is 9.17. The van der Waals surface area contributed by atoms with Crippen LogP contribution < -0.4 is 4.90 Å². The summed E-state index contributed by atoms with van der Waals surface area (Å²) in [5.41, 5.74) is 0. The first-order valence-corrected chi connectivity index (χ1v) is 7.27. The minimum absolute atomic E-state index is 0.116. The molecule has 19 heavy (non-hydrogen) atoms. The number of hydrogen-bond acceptors (Lipinski definition) is 6. The van der Waals surface area contributed by atoms with E-state index in [1.54, 1.807) is 7.11 Å². The van der Waals surface area contributed by atoms with E-state index in [0.29, 0.717) is 13.2 Å². The summed E-state index contributed by atoms with van der Waals surface area (Å²) in [6, 6.07) is 0. The Morgan fingerprint density at radius 3 is 2.79 bits per heavy atom. The molecule has 0 atom stereocenters. The molecule has 0 aliphatic carbocycles. The summed E-state index contributed by atoms with van der Waals surface area (Å²) in [7, 11) is 1.62. The Bertz CT molecular complexity index is 384. The molecule has 0 radical (unpaired) electrons. The Morgan fingerprint density at radius 1 is 1.37 bits per heavy atom. The molecule has 1 aromatic heterocycles. The molecule has 0 aliphatic heterocycles. The number of anilines is 1. The van der Waals surface area contributed by atoms with E-state index in [0.717, 1.165) is 35.9 Å². The lowest BCUT2D eigenvalue weighted by Gasteiger charge is -2.20. The van der Waals surface area contributed by atoms with E-state index in [9.17, 15) is 4.79 Å². The lowest BCUT2D eigenvalue weighted by Crippen LogP contribution is -2.27. The number of aliphatic carboxylic acids is 1. The number of unbranched alkanes of at least 4 members (excludes halogenated alkanes) is 2. The molecular weight excluding hydrogens is 266 g/mol. The Balaban J connectivity index is 2.60. The summed E-state index contributed by atoms with van der Waals surface area (Å²) in [6.45, 7) is 3.88. The van der Waals surface area contributed by atoms with Crippen molar-refractivity contribution in [1.29, 1.82) is 0 Å². The van der Waals surface area contributed by atoms with Crippen molar-refractivity contribution < 1.29 is 14.6 Å². The molecule has 0 aliphatic rings. The molecule has 0 unspecified atom stereocenters. The lowest BCUT2D eigenvalue weighted by atomic mass is 10.2. The molecule has 1 rings (SSSR count). The van der Waals surface area contributed by atoms with Crippen molar-refractivity contribution in [2.75, 3.05) is 25.1 Å². The van der Waals surface area contributed by atoms with E-state index in [1.807, 2.05) is 4.90 Å². The van der Waals surface area contributed by atoms with Gasteiger partial charge in [0.05, 0.1) is 6.42 Å². The number of nitrogens with zero attached hydrogens (tertiary/aromatic N) is 3. The van der Waals surface area contributed by atoms with Gasteiger partial charge in [-0.05, 0) is 6.42 Å². The van der Waals surface area contributed by atoms with Crippen LogP contribution in [0.2, 0.25) is 0 Å². The lowest BCUT2D eigenvalue weighted by molar-refractivity contribution is -0.136. The molecule has 1 heterocycles. The number of hydrogen-bond donors (Lipinski definition) is 1. The van der Waals surface area contributed by atoms with Gasteiger partial charge in [0.2, 0.25) is 5.13 Å². The zero-order valence-electron chi connectivity index (χ0n) is 11.5. The Hall–Kier alpha value is -1.21. The van der Waals surface area contributed by atoms with Crippen molar-refractivity contribution in [3.63, 3.8) is 0 Å². The minimum atomic E-state index is -0.790. The van der Waals surface area contributed by atoms with Gasteiger partial charge in [-0.25, -0.2) is 0 Å². The molecule has 0 spiro atoms. The molecule has 0 fully saturated rings. The molecule has 1 N–H and O–H groups in total. The number of rotatable bonds is 10. The maximum Gasteiger partial charge on any atom is 0.305 e. The minimum Gasteiger partial charge on any atom is -0.481 e. The van der Waals surface area contributed by atoms with Crippen LogP contribution in [0.15, 0.2) is 0 Å². The van der Waals surface area contributed by atoms with Crippen LogP contribution >= 0.6 is 11.3 Å². The molecule has 7 heteroatoms. The third-order valence-corrected chi connectivity index (χ3v) is 3.58. The van der Waals surface area contributed by atoms with Gasteiger partial charge < -0.3 is 14.7 Å². The number of carboxylic acid groups (broad SMARTS) is 1. The van der Waals surface area contributed by atoms with Crippen LogP contribution in [0.4, 0.5) is 5.13 Å². The predicted molar refractivity (Wildman–Crippen MR) is 74.6 cm³/mol. The third kappa shape index (κ3) is 5.98. The topological polar surface area (TPSA) is 75.6 Å². The van der Waals surface area contributed by atoms with Crippen molar-refractivity contribution in [2.24, 2.45) is 0 Å². The average Bonchev–Trinajstić information content (AvgIpc) is 2.82. The van der Waals surface area contributed by atoms with E-state index in [-0.39, 0.29) is 6.42 Å². The van der Waals surface area contributed by atoms with Crippen molar-refractivity contribution in [3.05, 3.63) is 5.01 Å². The fourth-order valence-corrected chi connectivity index (χ4v) is 2.50. The molecule has 0 saturated carbocycles. The zero-order valence-corrected chi connectivity index (χ0v) is 12.3. The van der Waals surface area contributed by atoms with Crippen molar-refractivity contribution in [2.45, 2.75) is 39.2 Å². The van der Waals surface area contributed by atoms with Crippen LogP contribution in [-0.2, 0) is 16.1 Å². The van der Waals surface area contributed by atoms with Crippen LogP contribution in [0.25, 0.3) is 0 Å². The highest BCUT2D eigenvalue weighted by molar-refractivity contribution is 7.15. The first kappa shape index (κ1) is 15.8. The molecule has 0 aromatic carbocycles. The molecule has 0 amide bonds. The number of ether oxygens (including phenoxy) is 1. The average molecular weight is 287 g/mol. The molecule has 108 valence electrons. The van der Waals surface area contributed by atoms with E-state index in [4.69, 9.17) is 9.84 Å². The van der Waals surface area contributed by atoms with Crippen LogP contribution in [0, 0.1) is 0 Å². The second kappa shape index (κ2) is 8.82. The van der Waals surface area contributed by atoms with Gasteiger partial charge in [-0.3, -0.25) is 4.79 Å². The van der Waals surface area contributed by atoms with Gasteiger partial charge in [0.25, 0.3) is 0 Å². The third-order valence-electron chi connectivity index (χ3n) is 2.62. The Labute approximate surface area is 117 Å². The summed E-state index contributed by atoms with van der Waals surface area (Å²) in [4.78, 5) is 12.7. The van der Waals surface area contributed by atoms with Gasteiger partial charge in [-0.15, -0.1) is 10.2 Å². The summed E-state index contributed by atoms with van der Waals surface area (Å²) in [6.07, 6.45) is 3.42. The van der Waals surface area contributed by atoms with Crippen LogP contribution in [0.1, 0.15) is 37.6 Å².